The Balaban J connectivity index is 1.68. The Morgan fingerprint density at radius 2 is 1.95 bits per heavy atom. The van der Waals surface area contributed by atoms with E-state index in [0.29, 0.717) is 0 Å². The van der Waals surface area contributed by atoms with Crippen molar-refractivity contribution in [2.24, 2.45) is 7.05 Å². The van der Waals surface area contributed by atoms with E-state index in [2.05, 4.69) is 21.3 Å². The number of aromatic nitrogens is 1. The van der Waals surface area contributed by atoms with Crippen LogP contribution >= 0.6 is 0 Å². The molecule has 6 nitrogen and oxygen atoms in total. The van der Waals surface area contributed by atoms with Gasteiger partial charge in [0, 0.05) is 56.4 Å². The van der Waals surface area contributed by atoms with Gasteiger partial charge in [0.15, 0.2) is 0 Å². The molecule has 1 heterocycles. The van der Waals surface area contributed by atoms with Crippen molar-refractivity contribution >= 4 is 11.4 Å². The maximum Gasteiger partial charge on any atom is 0.269 e. The first-order valence-corrected chi connectivity index (χ1v) is 6.46. The molecule has 2 N–H and O–H groups in total. The Hall–Kier alpha value is -2.34. The van der Waals surface area contributed by atoms with Gasteiger partial charge >= 0.3 is 0 Å². The van der Waals surface area contributed by atoms with Crippen molar-refractivity contribution in [3.8, 4) is 0 Å². The molecule has 0 aliphatic carbocycles. The Labute approximate surface area is 117 Å². The lowest BCUT2D eigenvalue weighted by Crippen LogP contribution is -2.22. The summed E-state index contributed by atoms with van der Waals surface area (Å²) in [7, 11) is 2.02. The first-order valence-electron chi connectivity index (χ1n) is 6.46. The molecule has 0 aliphatic heterocycles. The van der Waals surface area contributed by atoms with Gasteiger partial charge in [0.1, 0.15) is 0 Å². The first-order chi connectivity index (χ1) is 9.66. The summed E-state index contributed by atoms with van der Waals surface area (Å²) in [5, 5.41) is 17.1. The predicted molar refractivity (Wildman–Crippen MR) is 78.7 cm³/mol. The van der Waals surface area contributed by atoms with Crippen molar-refractivity contribution in [2.75, 3.05) is 18.4 Å². The van der Waals surface area contributed by atoms with E-state index in [1.807, 2.05) is 19.3 Å². The third-order valence-electron chi connectivity index (χ3n) is 3.07. The molecular weight excluding hydrogens is 256 g/mol. The van der Waals surface area contributed by atoms with Crippen LogP contribution in [-0.4, -0.2) is 22.6 Å². The van der Waals surface area contributed by atoms with Gasteiger partial charge in [-0.15, -0.1) is 0 Å². The van der Waals surface area contributed by atoms with Crippen LogP contribution in [0.3, 0.4) is 0 Å². The van der Waals surface area contributed by atoms with Crippen LogP contribution in [0, 0.1) is 10.1 Å². The zero-order chi connectivity index (χ0) is 14.4. The number of nitro benzene ring substituents is 1. The number of nitrogens with zero attached hydrogens (tertiary/aromatic N) is 2. The molecule has 0 saturated heterocycles. The van der Waals surface area contributed by atoms with Crippen LogP contribution in [0.25, 0.3) is 0 Å². The van der Waals surface area contributed by atoms with Crippen molar-refractivity contribution in [1.29, 1.82) is 0 Å². The van der Waals surface area contributed by atoms with Gasteiger partial charge in [-0.3, -0.25) is 10.1 Å². The number of nitrogens with one attached hydrogen (secondary N) is 2. The number of aryl methyl sites for hydroxylation is 1. The zero-order valence-electron chi connectivity index (χ0n) is 11.4. The minimum Gasteiger partial charge on any atom is -0.384 e. The maximum absolute atomic E-state index is 10.5. The van der Waals surface area contributed by atoms with Gasteiger partial charge in [-0.25, -0.2) is 0 Å². The van der Waals surface area contributed by atoms with E-state index in [0.717, 1.165) is 25.3 Å². The van der Waals surface area contributed by atoms with Gasteiger partial charge in [-0.05, 0) is 24.3 Å². The molecule has 1 aromatic heterocycles. The highest BCUT2D eigenvalue weighted by Crippen LogP contribution is 2.14. The molecule has 0 unspecified atom stereocenters. The van der Waals surface area contributed by atoms with E-state index in [9.17, 15) is 10.1 Å². The van der Waals surface area contributed by atoms with E-state index >= 15 is 0 Å². The maximum atomic E-state index is 10.5. The van der Waals surface area contributed by atoms with Gasteiger partial charge < -0.3 is 15.2 Å². The quantitative estimate of drug-likeness (QED) is 0.461. The van der Waals surface area contributed by atoms with Crippen molar-refractivity contribution in [1.82, 2.24) is 9.88 Å². The summed E-state index contributed by atoms with van der Waals surface area (Å²) >= 11 is 0. The lowest BCUT2D eigenvalue weighted by atomic mass is 10.3. The predicted octanol–water partition coefficient (Wildman–Crippen LogP) is 2.13. The van der Waals surface area contributed by atoms with E-state index in [1.165, 1.54) is 17.8 Å². The molecule has 0 fully saturated rings. The first kappa shape index (κ1) is 14.1. The summed E-state index contributed by atoms with van der Waals surface area (Å²) < 4.78 is 2.08. The SMILES string of the molecule is Cn1cccc1CNCCNc1ccc([N+](=O)[O-])cc1. The molecule has 0 spiro atoms. The Kier molecular flexibility index (Phi) is 4.73. The molecule has 0 amide bonds. The second-order valence-corrected chi connectivity index (χ2v) is 4.52. The fraction of sp³-hybridized carbons (Fsp3) is 0.286. The number of non-ortho nitro benzene ring substituents is 1. The van der Waals surface area contributed by atoms with Crippen molar-refractivity contribution in [3.05, 3.63) is 58.4 Å². The summed E-state index contributed by atoms with van der Waals surface area (Å²) in [5.41, 5.74) is 2.23. The molecule has 0 saturated carbocycles. The number of benzene rings is 1. The lowest BCUT2D eigenvalue weighted by molar-refractivity contribution is -0.384. The number of anilines is 1. The molecule has 106 valence electrons. The van der Waals surface area contributed by atoms with Crippen molar-refractivity contribution in [3.63, 3.8) is 0 Å². The highest BCUT2D eigenvalue weighted by atomic mass is 16.6. The van der Waals surface area contributed by atoms with Gasteiger partial charge in [0.2, 0.25) is 0 Å². The zero-order valence-corrected chi connectivity index (χ0v) is 11.4. The summed E-state index contributed by atoms with van der Waals surface area (Å²) in [6.45, 7) is 2.41. The molecule has 0 radical (unpaired) electrons. The summed E-state index contributed by atoms with van der Waals surface area (Å²) in [4.78, 5) is 10.1. The third-order valence-corrected chi connectivity index (χ3v) is 3.07. The largest absolute Gasteiger partial charge is 0.384 e. The number of nitro groups is 1. The number of hydrogen-bond acceptors (Lipinski definition) is 4. The molecule has 0 atom stereocenters. The molecule has 6 heteroatoms. The highest BCUT2D eigenvalue weighted by Gasteiger charge is 2.03. The minimum absolute atomic E-state index is 0.109. The van der Waals surface area contributed by atoms with E-state index in [1.54, 1.807) is 12.1 Å². The Morgan fingerprint density at radius 3 is 2.55 bits per heavy atom. The average Bonchev–Trinajstić information content (AvgIpc) is 2.84. The van der Waals surface area contributed by atoms with Gasteiger partial charge in [0.05, 0.1) is 4.92 Å². The van der Waals surface area contributed by atoms with Crippen LogP contribution < -0.4 is 10.6 Å². The lowest BCUT2D eigenvalue weighted by Gasteiger charge is -2.08. The molecule has 2 rings (SSSR count). The van der Waals surface area contributed by atoms with Crippen LogP contribution in [0.5, 0.6) is 0 Å². The van der Waals surface area contributed by atoms with Gasteiger partial charge in [-0.2, -0.15) is 0 Å². The van der Waals surface area contributed by atoms with E-state index in [-0.39, 0.29) is 5.69 Å². The van der Waals surface area contributed by atoms with Gasteiger partial charge in [0.25, 0.3) is 5.69 Å². The summed E-state index contributed by atoms with van der Waals surface area (Å²) in [6, 6.07) is 10.5. The summed E-state index contributed by atoms with van der Waals surface area (Å²) in [6.07, 6.45) is 2.02. The van der Waals surface area contributed by atoms with Crippen LogP contribution in [0.2, 0.25) is 0 Å². The standard InChI is InChI=1S/C14H18N4O2/c1-17-10-2-3-14(17)11-15-8-9-16-12-4-6-13(7-5-12)18(19)20/h2-7,10,15-16H,8-9,11H2,1H3. The fourth-order valence-electron chi connectivity index (χ4n) is 1.89. The van der Waals surface area contributed by atoms with Crippen LogP contribution in [-0.2, 0) is 13.6 Å². The molecule has 20 heavy (non-hydrogen) atoms. The molecular formula is C14H18N4O2. The van der Waals surface area contributed by atoms with Crippen LogP contribution in [0.4, 0.5) is 11.4 Å². The monoisotopic (exact) mass is 274 g/mol. The van der Waals surface area contributed by atoms with Crippen molar-refractivity contribution in [2.45, 2.75) is 6.54 Å². The van der Waals surface area contributed by atoms with Crippen LogP contribution in [0.1, 0.15) is 5.69 Å². The topological polar surface area (TPSA) is 72.1 Å². The second kappa shape index (κ2) is 6.72. The normalized spacial score (nSPS) is 10.4. The van der Waals surface area contributed by atoms with Gasteiger partial charge in [-0.1, -0.05) is 0 Å². The number of rotatable bonds is 7. The van der Waals surface area contributed by atoms with E-state index < -0.39 is 4.92 Å². The van der Waals surface area contributed by atoms with Crippen LogP contribution in [0.15, 0.2) is 42.6 Å². The van der Waals surface area contributed by atoms with E-state index in [4.69, 9.17) is 0 Å². The minimum atomic E-state index is -0.398. The molecule has 0 bridgehead atoms. The summed E-state index contributed by atoms with van der Waals surface area (Å²) in [5.74, 6) is 0. The Morgan fingerprint density at radius 1 is 1.20 bits per heavy atom. The van der Waals surface area contributed by atoms with Crippen molar-refractivity contribution < 1.29 is 4.92 Å². The molecule has 1 aromatic carbocycles. The third kappa shape index (κ3) is 3.83. The molecule has 0 aliphatic rings. The molecule has 2 aromatic rings. The Bertz CT molecular complexity index is 563. The smallest absolute Gasteiger partial charge is 0.269 e. The second-order valence-electron chi connectivity index (χ2n) is 4.52. The fourth-order valence-corrected chi connectivity index (χ4v) is 1.89. The average molecular weight is 274 g/mol. The number of hydrogen-bond donors (Lipinski definition) is 2. The highest BCUT2D eigenvalue weighted by molar-refractivity contribution is 5.48.